The number of hydrogen-bond acceptors (Lipinski definition) is 3. The molecule has 82 valence electrons. The fourth-order valence-corrected chi connectivity index (χ4v) is 2.64. The Labute approximate surface area is 87.0 Å². The van der Waals surface area contributed by atoms with Crippen molar-refractivity contribution in [3.05, 3.63) is 0 Å². The van der Waals surface area contributed by atoms with E-state index < -0.39 is 0 Å². The molecule has 1 saturated heterocycles. The van der Waals surface area contributed by atoms with E-state index in [0.717, 1.165) is 13.1 Å². The number of piperazine rings is 1. The summed E-state index contributed by atoms with van der Waals surface area (Å²) in [6.45, 7) is 5.92. The number of nitrogens with one attached hydrogen (secondary N) is 1. The molecule has 0 aromatic carbocycles. The van der Waals surface area contributed by atoms with Crippen molar-refractivity contribution in [1.82, 2.24) is 10.2 Å². The summed E-state index contributed by atoms with van der Waals surface area (Å²) >= 11 is 0. The third kappa shape index (κ3) is 2.69. The molecule has 14 heavy (non-hydrogen) atoms. The van der Waals surface area contributed by atoms with Crippen molar-refractivity contribution in [2.24, 2.45) is 5.73 Å². The monoisotopic (exact) mass is 197 g/mol. The predicted octanol–water partition coefficient (Wildman–Crippen LogP) is 0.553. The molecule has 0 radical (unpaired) electrons. The number of hydrogen-bond donors (Lipinski definition) is 2. The van der Waals surface area contributed by atoms with Crippen molar-refractivity contribution >= 4 is 0 Å². The van der Waals surface area contributed by atoms with Crippen LogP contribution >= 0.6 is 0 Å². The van der Waals surface area contributed by atoms with Crippen molar-refractivity contribution in [3.8, 4) is 0 Å². The highest BCUT2D eigenvalue weighted by Crippen LogP contribution is 2.30. The second-order valence-corrected chi connectivity index (χ2v) is 4.91. The van der Waals surface area contributed by atoms with E-state index in [4.69, 9.17) is 5.73 Å². The van der Waals surface area contributed by atoms with Gasteiger partial charge in [0.1, 0.15) is 0 Å². The first-order chi connectivity index (χ1) is 6.79. The van der Waals surface area contributed by atoms with Gasteiger partial charge < -0.3 is 16.0 Å². The van der Waals surface area contributed by atoms with E-state index in [1.165, 1.54) is 51.7 Å². The quantitative estimate of drug-likeness (QED) is 0.694. The summed E-state index contributed by atoms with van der Waals surface area (Å²) in [7, 11) is 0. The zero-order valence-electron chi connectivity index (χ0n) is 9.10. The van der Waals surface area contributed by atoms with Crippen LogP contribution in [0.4, 0.5) is 0 Å². The third-order valence-electron chi connectivity index (χ3n) is 3.73. The topological polar surface area (TPSA) is 41.3 Å². The van der Waals surface area contributed by atoms with Crippen LogP contribution in [0.1, 0.15) is 32.1 Å². The van der Waals surface area contributed by atoms with Gasteiger partial charge in [-0.15, -0.1) is 0 Å². The molecule has 2 fully saturated rings. The van der Waals surface area contributed by atoms with Crippen molar-refractivity contribution in [2.45, 2.75) is 37.6 Å². The molecule has 1 aliphatic heterocycles. The zero-order valence-corrected chi connectivity index (χ0v) is 9.10. The maximum absolute atomic E-state index is 6.33. The van der Waals surface area contributed by atoms with Crippen LogP contribution in [0, 0.1) is 0 Å². The van der Waals surface area contributed by atoms with Crippen LogP contribution in [-0.2, 0) is 0 Å². The van der Waals surface area contributed by atoms with Gasteiger partial charge in [-0.3, -0.25) is 0 Å². The van der Waals surface area contributed by atoms with Crippen LogP contribution in [0.5, 0.6) is 0 Å². The Balaban J connectivity index is 1.70. The minimum atomic E-state index is 0.185. The van der Waals surface area contributed by atoms with Gasteiger partial charge in [0.15, 0.2) is 0 Å². The molecule has 0 aromatic heterocycles. The van der Waals surface area contributed by atoms with Crippen LogP contribution in [0.15, 0.2) is 0 Å². The first-order valence-corrected chi connectivity index (χ1v) is 6.01. The Morgan fingerprint density at radius 1 is 1.14 bits per heavy atom. The second-order valence-electron chi connectivity index (χ2n) is 4.91. The normalized spacial score (nSPS) is 28.1. The van der Waals surface area contributed by atoms with Gasteiger partial charge in [-0.1, -0.05) is 12.8 Å². The first-order valence-electron chi connectivity index (χ1n) is 6.01. The molecule has 3 N–H and O–H groups in total. The first kappa shape index (κ1) is 10.4. The van der Waals surface area contributed by atoms with Crippen LogP contribution in [-0.4, -0.2) is 43.2 Å². The van der Waals surface area contributed by atoms with E-state index in [0.29, 0.717) is 0 Å². The van der Waals surface area contributed by atoms with Gasteiger partial charge in [0.25, 0.3) is 0 Å². The smallest absolute Gasteiger partial charge is 0.0166 e. The lowest BCUT2D eigenvalue weighted by atomic mass is 9.94. The van der Waals surface area contributed by atoms with Crippen molar-refractivity contribution in [3.63, 3.8) is 0 Å². The number of rotatable bonds is 3. The fraction of sp³-hybridized carbons (Fsp3) is 1.00. The summed E-state index contributed by atoms with van der Waals surface area (Å²) in [5.74, 6) is 0. The zero-order chi connectivity index (χ0) is 9.86. The number of nitrogens with two attached hydrogens (primary N) is 1. The molecule has 2 rings (SSSR count). The van der Waals surface area contributed by atoms with Gasteiger partial charge >= 0.3 is 0 Å². The third-order valence-corrected chi connectivity index (χ3v) is 3.73. The molecule has 3 heteroatoms. The van der Waals surface area contributed by atoms with Crippen LogP contribution < -0.4 is 11.1 Å². The minimum absolute atomic E-state index is 0.185. The highest BCUT2D eigenvalue weighted by atomic mass is 15.2. The van der Waals surface area contributed by atoms with Gasteiger partial charge in [0.2, 0.25) is 0 Å². The molecule has 2 aliphatic rings. The molecule has 1 aliphatic carbocycles. The summed E-state index contributed by atoms with van der Waals surface area (Å²) < 4.78 is 0. The minimum Gasteiger partial charge on any atom is -0.325 e. The summed E-state index contributed by atoms with van der Waals surface area (Å²) in [5, 5.41) is 3.38. The molecule has 1 heterocycles. The van der Waals surface area contributed by atoms with Crippen LogP contribution in [0.3, 0.4) is 0 Å². The highest BCUT2D eigenvalue weighted by Gasteiger charge is 2.29. The molecule has 0 amide bonds. The van der Waals surface area contributed by atoms with Gasteiger partial charge in [-0.25, -0.2) is 0 Å². The maximum Gasteiger partial charge on any atom is 0.0166 e. The summed E-state index contributed by atoms with van der Waals surface area (Å²) in [6.07, 6.45) is 6.39. The standard InChI is InChI=1S/C11H23N3/c12-11(3-1-2-4-11)5-8-14-9-6-13-7-10-14/h13H,1-10,12H2. The van der Waals surface area contributed by atoms with Gasteiger partial charge in [0, 0.05) is 31.7 Å². The molecule has 0 unspecified atom stereocenters. The lowest BCUT2D eigenvalue weighted by Crippen LogP contribution is -2.47. The maximum atomic E-state index is 6.33. The molecule has 0 spiro atoms. The van der Waals surface area contributed by atoms with E-state index in [-0.39, 0.29) is 5.54 Å². The lowest BCUT2D eigenvalue weighted by Gasteiger charge is -2.31. The highest BCUT2D eigenvalue weighted by molar-refractivity contribution is 4.90. The van der Waals surface area contributed by atoms with Gasteiger partial charge in [-0.2, -0.15) is 0 Å². The molecule has 3 nitrogen and oxygen atoms in total. The summed E-state index contributed by atoms with van der Waals surface area (Å²) in [4.78, 5) is 2.55. The van der Waals surface area contributed by atoms with Crippen LogP contribution in [0.25, 0.3) is 0 Å². The van der Waals surface area contributed by atoms with Crippen molar-refractivity contribution < 1.29 is 0 Å². The largest absolute Gasteiger partial charge is 0.325 e. The van der Waals surface area contributed by atoms with Gasteiger partial charge in [-0.05, 0) is 25.8 Å². The summed E-state index contributed by atoms with van der Waals surface area (Å²) in [5.41, 5.74) is 6.52. The molecule has 0 aromatic rings. The predicted molar refractivity (Wildman–Crippen MR) is 59.3 cm³/mol. The molecule has 1 saturated carbocycles. The Kier molecular flexibility index (Phi) is 3.42. The Morgan fingerprint density at radius 2 is 1.79 bits per heavy atom. The molecular weight excluding hydrogens is 174 g/mol. The Bertz CT molecular complexity index is 169. The Hall–Kier alpha value is -0.120. The van der Waals surface area contributed by atoms with E-state index >= 15 is 0 Å². The Morgan fingerprint density at radius 3 is 2.43 bits per heavy atom. The summed E-state index contributed by atoms with van der Waals surface area (Å²) in [6, 6.07) is 0. The van der Waals surface area contributed by atoms with Gasteiger partial charge in [0.05, 0.1) is 0 Å². The SMILES string of the molecule is NC1(CCN2CCNCC2)CCCC1. The average molecular weight is 197 g/mol. The average Bonchev–Trinajstić information content (AvgIpc) is 2.65. The second kappa shape index (κ2) is 4.60. The van der Waals surface area contributed by atoms with E-state index in [1.807, 2.05) is 0 Å². The van der Waals surface area contributed by atoms with E-state index in [1.54, 1.807) is 0 Å². The lowest BCUT2D eigenvalue weighted by molar-refractivity contribution is 0.214. The number of nitrogens with zero attached hydrogens (tertiary/aromatic N) is 1. The van der Waals surface area contributed by atoms with Crippen molar-refractivity contribution in [2.75, 3.05) is 32.7 Å². The van der Waals surface area contributed by atoms with Crippen LogP contribution in [0.2, 0.25) is 0 Å². The van der Waals surface area contributed by atoms with Crippen molar-refractivity contribution in [1.29, 1.82) is 0 Å². The fourth-order valence-electron chi connectivity index (χ4n) is 2.64. The molecule has 0 atom stereocenters. The molecule has 0 bridgehead atoms. The van der Waals surface area contributed by atoms with E-state index in [9.17, 15) is 0 Å². The molecular formula is C11H23N3. The van der Waals surface area contributed by atoms with E-state index in [2.05, 4.69) is 10.2 Å².